The lowest BCUT2D eigenvalue weighted by Gasteiger charge is -2.22. The Morgan fingerprint density at radius 1 is 1.31 bits per heavy atom. The van der Waals surface area contributed by atoms with E-state index in [1.165, 1.54) is 11.3 Å². The quantitative estimate of drug-likeness (QED) is 0.636. The smallest absolute Gasteiger partial charge is 0.325 e. The van der Waals surface area contributed by atoms with E-state index in [1.807, 2.05) is 35.7 Å². The summed E-state index contributed by atoms with van der Waals surface area (Å²) in [6, 6.07) is 10.5. The summed E-state index contributed by atoms with van der Waals surface area (Å²) < 4.78 is 6.03. The Hall–Kier alpha value is -2.52. The first-order valence-electron chi connectivity index (χ1n) is 7.74. The van der Waals surface area contributed by atoms with Gasteiger partial charge < -0.3 is 9.84 Å². The Kier molecular flexibility index (Phi) is 4.12. The molecule has 1 unspecified atom stereocenters. The van der Waals surface area contributed by atoms with Crippen LogP contribution in [0.3, 0.4) is 0 Å². The zero-order valence-corrected chi connectivity index (χ0v) is 16.0. The van der Waals surface area contributed by atoms with Gasteiger partial charge in [0.05, 0.1) is 4.88 Å². The molecular weight excluding hydrogens is 420 g/mol. The molecule has 0 saturated carbocycles. The van der Waals surface area contributed by atoms with Crippen molar-refractivity contribution in [3.8, 4) is 10.7 Å². The number of hydrogen-bond donors (Lipinski definition) is 1. The topological polar surface area (TPSA) is 88.3 Å². The molecule has 4 rings (SSSR count). The van der Waals surface area contributed by atoms with Crippen LogP contribution in [0.1, 0.15) is 18.4 Å². The Balaban J connectivity index is 1.58. The summed E-state index contributed by atoms with van der Waals surface area (Å²) in [6.07, 6.45) is 0. The highest BCUT2D eigenvalue weighted by molar-refractivity contribution is 9.10. The van der Waals surface area contributed by atoms with Gasteiger partial charge in [0.15, 0.2) is 0 Å². The molecule has 1 N–H and O–H groups in total. The fraction of sp³-hybridized carbons (Fsp3) is 0.176. The molecule has 1 fully saturated rings. The third-order valence-corrected chi connectivity index (χ3v) is 5.54. The van der Waals surface area contributed by atoms with Gasteiger partial charge in [0.1, 0.15) is 12.1 Å². The van der Waals surface area contributed by atoms with Crippen LogP contribution in [0.2, 0.25) is 0 Å². The van der Waals surface area contributed by atoms with Crippen molar-refractivity contribution in [3.05, 3.63) is 57.7 Å². The minimum Gasteiger partial charge on any atom is -0.337 e. The number of benzene rings is 1. The number of imide groups is 1. The third kappa shape index (κ3) is 2.82. The lowest BCUT2D eigenvalue weighted by Crippen LogP contribution is -2.40. The second kappa shape index (κ2) is 6.33. The normalized spacial score (nSPS) is 19.8. The molecule has 0 bridgehead atoms. The van der Waals surface area contributed by atoms with Crippen molar-refractivity contribution in [2.75, 3.05) is 0 Å². The van der Waals surface area contributed by atoms with Crippen molar-refractivity contribution in [1.82, 2.24) is 20.4 Å². The fourth-order valence-electron chi connectivity index (χ4n) is 2.80. The van der Waals surface area contributed by atoms with E-state index in [9.17, 15) is 9.59 Å². The fourth-order valence-corrected chi connectivity index (χ4v) is 3.84. The first-order chi connectivity index (χ1) is 12.5. The summed E-state index contributed by atoms with van der Waals surface area (Å²) in [5.74, 6) is 0.281. The van der Waals surface area contributed by atoms with Gasteiger partial charge in [-0.05, 0) is 36.1 Å². The van der Waals surface area contributed by atoms with E-state index in [0.717, 1.165) is 14.2 Å². The van der Waals surface area contributed by atoms with E-state index in [-0.39, 0.29) is 18.3 Å². The zero-order chi connectivity index (χ0) is 18.3. The van der Waals surface area contributed by atoms with Gasteiger partial charge in [-0.3, -0.25) is 9.69 Å². The Morgan fingerprint density at radius 2 is 2.15 bits per heavy atom. The number of thiophene rings is 1. The van der Waals surface area contributed by atoms with E-state index in [2.05, 4.69) is 31.4 Å². The number of nitrogens with zero attached hydrogens (tertiary/aromatic N) is 3. The van der Waals surface area contributed by atoms with Crippen LogP contribution in [0.25, 0.3) is 10.7 Å². The number of carbonyl (C=O) groups is 2. The number of nitrogens with one attached hydrogen (secondary N) is 1. The van der Waals surface area contributed by atoms with Crippen molar-refractivity contribution >= 4 is 39.2 Å². The van der Waals surface area contributed by atoms with Crippen molar-refractivity contribution in [2.45, 2.75) is 19.0 Å². The van der Waals surface area contributed by atoms with Crippen LogP contribution < -0.4 is 5.32 Å². The van der Waals surface area contributed by atoms with Gasteiger partial charge in [-0.25, -0.2) is 4.79 Å². The van der Waals surface area contributed by atoms with Gasteiger partial charge in [0.2, 0.25) is 11.7 Å². The molecule has 3 heterocycles. The molecule has 1 aliphatic rings. The van der Waals surface area contributed by atoms with Crippen molar-refractivity contribution in [2.24, 2.45) is 0 Å². The van der Waals surface area contributed by atoms with Gasteiger partial charge in [-0.1, -0.05) is 39.3 Å². The Labute approximate surface area is 161 Å². The van der Waals surface area contributed by atoms with Gasteiger partial charge >= 0.3 is 6.03 Å². The predicted octanol–water partition coefficient (Wildman–Crippen LogP) is 3.53. The largest absolute Gasteiger partial charge is 0.337 e. The van der Waals surface area contributed by atoms with Crippen molar-refractivity contribution < 1.29 is 14.1 Å². The molecule has 0 radical (unpaired) electrons. The van der Waals surface area contributed by atoms with E-state index >= 15 is 0 Å². The van der Waals surface area contributed by atoms with E-state index in [4.69, 9.17) is 4.52 Å². The molecular formula is C17H13BrN4O3S. The molecule has 1 saturated heterocycles. The van der Waals surface area contributed by atoms with Crippen LogP contribution in [0.5, 0.6) is 0 Å². The Bertz CT molecular complexity index is 988. The molecule has 1 aromatic carbocycles. The van der Waals surface area contributed by atoms with Crippen LogP contribution >= 0.6 is 27.3 Å². The number of rotatable bonds is 4. The summed E-state index contributed by atoms with van der Waals surface area (Å²) in [4.78, 5) is 31.5. The third-order valence-electron chi connectivity index (χ3n) is 4.18. The molecule has 7 nitrogen and oxygen atoms in total. The molecule has 1 aliphatic heterocycles. The first kappa shape index (κ1) is 16.9. The second-order valence-electron chi connectivity index (χ2n) is 5.95. The van der Waals surface area contributed by atoms with Crippen LogP contribution in [0, 0.1) is 0 Å². The number of hydrogen-bond acceptors (Lipinski definition) is 6. The maximum Gasteiger partial charge on any atom is 0.325 e. The maximum absolute atomic E-state index is 12.9. The van der Waals surface area contributed by atoms with E-state index < -0.39 is 11.6 Å². The SMILES string of the molecule is CC1(c2cccc(Br)c2)NC(=O)N(Cc2nc(-c3cccs3)no2)C1=O. The zero-order valence-electron chi connectivity index (χ0n) is 13.6. The lowest BCUT2D eigenvalue weighted by atomic mass is 9.92. The molecule has 3 aromatic rings. The molecule has 3 amide bonds. The molecule has 9 heteroatoms. The molecule has 1 atom stereocenters. The summed E-state index contributed by atoms with van der Waals surface area (Å²) in [5.41, 5.74) is -0.449. The number of carbonyl (C=O) groups excluding carboxylic acids is 2. The molecule has 0 aliphatic carbocycles. The summed E-state index contributed by atoms with van der Waals surface area (Å²) in [6.45, 7) is 1.60. The molecule has 132 valence electrons. The second-order valence-corrected chi connectivity index (χ2v) is 7.81. The molecule has 0 spiro atoms. The average Bonchev–Trinajstić information content (AvgIpc) is 3.33. The van der Waals surface area contributed by atoms with Gasteiger partial charge in [0.25, 0.3) is 5.91 Å². The van der Waals surface area contributed by atoms with Crippen LogP contribution in [-0.2, 0) is 16.9 Å². The lowest BCUT2D eigenvalue weighted by molar-refractivity contribution is -0.131. The molecule has 26 heavy (non-hydrogen) atoms. The highest BCUT2D eigenvalue weighted by atomic mass is 79.9. The molecule has 2 aromatic heterocycles. The highest BCUT2D eigenvalue weighted by Crippen LogP contribution is 2.31. The number of aromatic nitrogens is 2. The van der Waals surface area contributed by atoms with Crippen molar-refractivity contribution in [3.63, 3.8) is 0 Å². The van der Waals surface area contributed by atoms with Crippen LogP contribution in [0.15, 0.2) is 50.8 Å². The first-order valence-corrected chi connectivity index (χ1v) is 9.41. The predicted molar refractivity (Wildman–Crippen MR) is 98.2 cm³/mol. The summed E-state index contributed by atoms with van der Waals surface area (Å²) in [5, 5.41) is 8.57. The maximum atomic E-state index is 12.9. The summed E-state index contributed by atoms with van der Waals surface area (Å²) >= 11 is 4.87. The standard InChI is InChI=1S/C17H13BrN4O3S/c1-17(10-4-2-5-11(18)8-10)15(23)22(16(24)20-17)9-13-19-14(21-25-13)12-6-3-7-26-12/h2-8H,9H2,1H3,(H,20,24). The van der Waals surface area contributed by atoms with E-state index in [1.54, 1.807) is 13.0 Å². The minimum absolute atomic E-state index is 0.0768. The van der Waals surface area contributed by atoms with Gasteiger partial charge in [0, 0.05) is 4.47 Å². The number of amides is 3. The van der Waals surface area contributed by atoms with Gasteiger partial charge in [-0.15, -0.1) is 11.3 Å². The van der Waals surface area contributed by atoms with Crippen LogP contribution in [0.4, 0.5) is 4.79 Å². The minimum atomic E-state index is -1.14. The summed E-state index contributed by atoms with van der Waals surface area (Å²) in [7, 11) is 0. The van der Waals surface area contributed by atoms with Crippen LogP contribution in [-0.4, -0.2) is 27.0 Å². The average molecular weight is 433 g/mol. The van der Waals surface area contributed by atoms with Gasteiger partial charge in [-0.2, -0.15) is 4.98 Å². The highest BCUT2D eigenvalue weighted by Gasteiger charge is 2.49. The van der Waals surface area contributed by atoms with E-state index in [0.29, 0.717) is 11.4 Å². The van der Waals surface area contributed by atoms with Crippen molar-refractivity contribution in [1.29, 1.82) is 0 Å². The monoisotopic (exact) mass is 432 g/mol. The number of halogens is 1. The Morgan fingerprint density at radius 3 is 2.88 bits per heavy atom. The number of urea groups is 1.